The van der Waals surface area contributed by atoms with E-state index in [2.05, 4.69) is 6.07 Å². The second kappa shape index (κ2) is 3.83. The van der Waals surface area contributed by atoms with Gasteiger partial charge in [-0.05, 0) is 18.2 Å². The lowest BCUT2D eigenvalue weighted by atomic mass is 10.3. The van der Waals surface area contributed by atoms with E-state index in [0.717, 1.165) is 12.1 Å². The van der Waals surface area contributed by atoms with Crippen molar-refractivity contribution in [2.75, 3.05) is 0 Å². The van der Waals surface area contributed by atoms with Gasteiger partial charge in [-0.3, -0.25) is 0 Å². The molecule has 0 spiro atoms. The Labute approximate surface area is 72.2 Å². The van der Waals surface area contributed by atoms with Gasteiger partial charge >= 0.3 is 23.1 Å². The molecule has 10 heavy (non-hydrogen) atoms. The van der Waals surface area contributed by atoms with Crippen molar-refractivity contribution in [3.8, 4) is 0 Å². The first-order valence-electron chi connectivity index (χ1n) is 2.22. The summed E-state index contributed by atoms with van der Waals surface area (Å²) in [5.74, 6) is -3.88. The van der Waals surface area contributed by atoms with E-state index in [4.69, 9.17) is 0 Å². The van der Waals surface area contributed by atoms with Gasteiger partial charge in [-0.1, -0.05) is 0 Å². The molecule has 0 amide bonds. The van der Waals surface area contributed by atoms with E-state index >= 15 is 0 Å². The van der Waals surface area contributed by atoms with E-state index in [1.54, 1.807) is 0 Å². The van der Waals surface area contributed by atoms with Gasteiger partial charge in [-0.25, -0.2) is 13.2 Å². The van der Waals surface area contributed by atoms with Crippen molar-refractivity contribution in [1.82, 2.24) is 0 Å². The van der Waals surface area contributed by atoms with Gasteiger partial charge in [0.2, 0.25) is 0 Å². The predicted molar refractivity (Wildman–Crippen MR) is 33.7 cm³/mol. The summed E-state index contributed by atoms with van der Waals surface area (Å²) in [7, 11) is 0. The highest BCUT2D eigenvalue weighted by molar-refractivity contribution is 5.75. The van der Waals surface area contributed by atoms with Gasteiger partial charge in [0, 0.05) is 0 Å². The minimum absolute atomic E-state index is 0. The van der Waals surface area contributed by atoms with Gasteiger partial charge in [0.15, 0.2) is 17.5 Å². The molecule has 51 valence electrons. The van der Waals surface area contributed by atoms with Crippen LogP contribution in [0.4, 0.5) is 13.2 Å². The lowest BCUT2D eigenvalue weighted by Gasteiger charge is -1.89. The number of halogens is 3. The van der Waals surface area contributed by atoms with E-state index in [1.165, 1.54) is 0 Å². The smallest absolute Gasteiger partial charge is 0.204 e. The maximum absolute atomic E-state index is 12.0. The Morgan fingerprint density at radius 1 is 1.00 bits per heavy atom. The SMILES string of the molecule is Fc1c[c]cc(F)c1F.[MgH2]. The Hall–Kier alpha value is -0.224. The van der Waals surface area contributed by atoms with Crippen molar-refractivity contribution in [3.63, 3.8) is 0 Å². The van der Waals surface area contributed by atoms with Gasteiger partial charge in [0.25, 0.3) is 0 Å². The minimum atomic E-state index is -1.45. The van der Waals surface area contributed by atoms with Crippen molar-refractivity contribution in [2.24, 2.45) is 0 Å². The fourth-order valence-corrected chi connectivity index (χ4v) is 0.429. The number of hydrogen-bond acceptors (Lipinski definition) is 0. The molecule has 0 heterocycles. The first-order chi connectivity index (χ1) is 4.22. The van der Waals surface area contributed by atoms with Gasteiger partial charge in [-0.15, -0.1) is 0 Å². The summed E-state index contributed by atoms with van der Waals surface area (Å²) in [5.41, 5.74) is 0. The second-order valence-electron chi connectivity index (χ2n) is 1.47. The zero-order valence-corrected chi connectivity index (χ0v) is 4.29. The predicted octanol–water partition coefficient (Wildman–Crippen LogP) is 0.988. The first-order valence-corrected chi connectivity index (χ1v) is 2.22. The lowest BCUT2D eigenvalue weighted by molar-refractivity contribution is 0.447. The highest BCUT2D eigenvalue weighted by Crippen LogP contribution is 2.07. The molecule has 0 saturated heterocycles. The van der Waals surface area contributed by atoms with Gasteiger partial charge in [0.1, 0.15) is 0 Å². The average molecular weight is 157 g/mol. The third kappa shape index (κ3) is 1.88. The highest BCUT2D eigenvalue weighted by Gasteiger charge is 2.04. The third-order valence-corrected chi connectivity index (χ3v) is 0.839. The van der Waals surface area contributed by atoms with Crippen molar-refractivity contribution in [2.45, 2.75) is 0 Å². The van der Waals surface area contributed by atoms with Crippen LogP contribution in [0.2, 0.25) is 0 Å². The van der Waals surface area contributed by atoms with Crippen LogP contribution < -0.4 is 0 Å². The zero-order valence-electron chi connectivity index (χ0n) is 4.29. The maximum Gasteiger partial charge on any atom is 0.316 e. The molecule has 0 nitrogen and oxygen atoms in total. The van der Waals surface area contributed by atoms with Gasteiger partial charge in [0.05, 0.1) is 0 Å². The molecule has 0 aliphatic rings. The first kappa shape index (κ1) is 9.78. The third-order valence-electron chi connectivity index (χ3n) is 0.839. The molecule has 1 aromatic rings. The van der Waals surface area contributed by atoms with Gasteiger partial charge in [-0.2, -0.15) is 0 Å². The lowest BCUT2D eigenvalue weighted by Crippen LogP contribution is -1.87. The Balaban J connectivity index is 0.000000810. The van der Waals surface area contributed by atoms with E-state index < -0.39 is 17.5 Å². The van der Waals surface area contributed by atoms with Crippen molar-refractivity contribution >= 4 is 23.1 Å². The Bertz CT molecular complexity index is 204. The fraction of sp³-hybridized carbons (Fsp3) is 0. The van der Waals surface area contributed by atoms with Crippen LogP contribution in [-0.4, -0.2) is 23.1 Å². The van der Waals surface area contributed by atoms with Crippen molar-refractivity contribution in [1.29, 1.82) is 0 Å². The summed E-state index contributed by atoms with van der Waals surface area (Å²) < 4.78 is 35.8. The molecule has 1 rings (SSSR count). The van der Waals surface area contributed by atoms with E-state index in [9.17, 15) is 13.2 Å². The summed E-state index contributed by atoms with van der Waals surface area (Å²) in [6.45, 7) is 0. The van der Waals surface area contributed by atoms with Crippen molar-refractivity contribution in [3.05, 3.63) is 35.7 Å². The summed E-state index contributed by atoms with van der Waals surface area (Å²) in [4.78, 5) is 0. The van der Waals surface area contributed by atoms with Crippen molar-refractivity contribution < 1.29 is 13.2 Å². The molecule has 1 aromatic carbocycles. The largest absolute Gasteiger partial charge is 0.316 e. The second-order valence-corrected chi connectivity index (χ2v) is 1.47. The molecule has 1 radical (unpaired) electrons. The zero-order chi connectivity index (χ0) is 6.85. The van der Waals surface area contributed by atoms with E-state index in [-0.39, 0.29) is 23.1 Å². The molecule has 0 aromatic heterocycles. The van der Waals surface area contributed by atoms with Crippen LogP contribution in [0, 0.1) is 23.5 Å². The van der Waals surface area contributed by atoms with Crippen LogP contribution in [0.1, 0.15) is 0 Å². The van der Waals surface area contributed by atoms with Crippen LogP contribution in [0.5, 0.6) is 0 Å². The molecule has 0 atom stereocenters. The Morgan fingerprint density at radius 3 is 1.70 bits per heavy atom. The molecular formula is C6H4F3Mg. The van der Waals surface area contributed by atoms with Crippen LogP contribution >= 0.6 is 0 Å². The standard InChI is InChI=1S/C6H2F3.Mg.2H/c7-4-2-1-3-5(8)6(4)9;;;/h2-3H;;;. The molecule has 0 fully saturated rings. The topological polar surface area (TPSA) is 0 Å². The summed E-state index contributed by atoms with van der Waals surface area (Å²) in [6, 6.07) is 3.55. The Kier molecular flexibility index (Phi) is 3.74. The quantitative estimate of drug-likeness (QED) is 0.389. The highest BCUT2D eigenvalue weighted by atomic mass is 24.3. The molecule has 0 unspecified atom stereocenters. The van der Waals surface area contributed by atoms with Gasteiger partial charge < -0.3 is 0 Å². The monoisotopic (exact) mass is 157 g/mol. The molecule has 4 heteroatoms. The molecule has 0 aliphatic carbocycles. The molecular weight excluding hydrogens is 153 g/mol. The summed E-state index contributed by atoms with van der Waals surface area (Å²) >= 11 is 0. The fourth-order valence-electron chi connectivity index (χ4n) is 0.429. The van der Waals surface area contributed by atoms with E-state index in [1.807, 2.05) is 0 Å². The molecule has 0 aliphatic heterocycles. The van der Waals surface area contributed by atoms with Crippen LogP contribution in [0.3, 0.4) is 0 Å². The maximum atomic E-state index is 12.0. The molecule has 0 bridgehead atoms. The van der Waals surface area contributed by atoms with Crippen LogP contribution in [-0.2, 0) is 0 Å². The normalized spacial score (nSPS) is 8.70. The number of hydrogen-bond donors (Lipinski definition) is 0. The summed E-state index contributed by atoms with van der Waals surface area (Å²) in [5, 5.41) is 0. The minimum Gasteiger partial charge on any atom is -0.204 e. The Morgan fingerprint density at radius 2 is 1.40 bits per heavy atom. The molecule has 0 saturated carbocycles. The van der Waals surface area contributed by atoms with E-state index in [0.29, 0.717) is 0 Å². The van der Waals surface area contributed by atoms with Crippen LogP contribution in [0.15, 0.2) is 12.1 Å². The molecule has 0 N–H and O–H groups in total. The van der Waals surface area contributed by atoms with Crippen LogP contribution in [0.25, 0.3) is 0 Å². The summed E-state index contributed by atoms with van der Waals surface area (Å²) in [6.07, 6.45) is 0. The number of rotatable bonds is 0. The average Bonchev–Trinajstić information content (AvgIpc) is 1.83. The number of benzene rings is 1.